The lowest BCUT2D eigenvalue weighted by Gasteiger charge is -2.25. The van der Waals surface area contributed by atoms with Gasteiger partial charge in [0.25, 0.3) is 0 Å². The zero-order valence-corrected chi connectivity index (χ0v) is 12.4. The van der Waals surface area contributed by atoms with Crippen molar-refractivity contribution in [1.29, 1.82) is 0 Å². The predicted octanol–water partition coefficient (Wildman–Crippen LogP) is 2.64. The van der Waals surface area contributed by atoms with Crippen LogP contribution in [0.4, 0.5) is 11.4 Å². The van der Waals surface area contributed by atoms with Crippen LogP contribution < -0.4 is 11.1 Å². The summed E-state index contributed by atoms with van der Waals surface area (Å²) in [6.07, 6.45) is 2.10. The number of anilines is 2. The minimum atomic E-state index is -0.0232. The molecule has 1 rings (SSSR count). The minimum absolute atomic E-state index is 0.0232. The van der Waals surface area contributed by atoms with E-state index in [2.05, 4.69) is 24.1 Å². The average Bonchev–Trinajstić information content (AvgIpc) is 2.34. The number of benzene rings is 1. The summed E-state index contributed by atoms with van der Waals surface area (Å²) in [5, 5.41) is 2.87. The van der Waals surface area contributed by atoms with Crippen molar-refractivity contribution < 1.29 is 4.79 Å². The molecule has 0 saturated carbocycles. The van der Waals surface area contributed by atoms with E-state index in [9.17, 15) is 4.79 Å². The molecule has 0 aromatic heterocycles. The highest BCUT2D eigenvalue weighted by Crippen LogP contribution is 2.19. The quantitative estimate of drug-likeness (QED) is 0.776. The molecule has 0 heterocycles. The fourth-order valence-electron chi connectivity index (χ4n) is 2.25. The van der Waals surface area contributed by atoms with E-state index >= 15 is 0 Å². The number of likely N-dealkylation sites (N-methyl/N-ethyl adjacent to an activating group) is 1. The first-order valence-electron chi connectivity index (χ1n) is 6.84. The first-order chi connectivity index (χ1) is 8.97. The Hall–Kier alpha value is -1.55. The van der Waals surface area contributed by atoms with Gasteiger partial charge in [-0.2, -0.15) is 0 Å². The van der Waals surface area contributed by atoms with Crippen molar-refractivity contribution >= 4 is 17.3 Å². The summed E-state index contributed by atoms with van der Waals surface area (Å²) in [4.78, 5) is 14.1. The van der Waals surface area contributed by atoms with Crippen molar-refractivity contribution in [2.45, 2.75) is 39.7 Å². The SMILES string of the molecule is CCC(CC)N(C)CC(=O)Nc1ccc(C)cc1N. The van der Waals surface area contributed by atoms with Gasteiger partial charge in [-0.1, -0.05) is 19.9 Å². The van der Waals surface area contributed by atoms with E-state index in [0.717, 1.165) is 18.4 Å². The molecule has 0 saturated heterocycles. The minimum Gasteiger partial charge on any atom is -0.397 e. The second-order valence-electron chi connectivity index (χ2n) is 5.02. The van der Waals surface area contributed by atoms with E-state index in [0.29, 0.717) is 24.0 Å². The van der Waals surface area contributed by atoms with Gasteiger partial charge in [-0.05, 0) is 44.5 Å². The molecule has 0 fully saturated rings. The highest BCUT2D eigenvalue weighted by molar-refractivity contribution is 5.95. The Bertz CT molecular complexity index is 427. The molecule has 0 bridgehead atoms. The van der Waals surface area contributed by atoms with Crippen molar-refractivity contribution in [2.24, 2.45) is 0 Å². The van der Waals surface area contributed by atoms with Gasteiger partial charge in [0.15, 0.2) is 0 Å². The molecule has 1 aromatic rings. The monoisotopic (exact) mass is 263 g/mol. The van der Waals surface area contributed by atoms with E-state index in [-0.39, 0.29) is 5.91 Å². The molecular weight excluding hydrogens is 238 g/mol. The van der Waals surface area contributed by atoms with Crippen molar-refractivity contribution in [3.63, 3.8) is 0 Å². The Balaban J connectivity index is 2.60. The number of nitrogens with two attached hydrogens (primary N) is 1. The van der Waals surface area contributed by atoms with E-state index in [1.165, 1.54) is 0 Å². The van der Waals surface area contributed by atoms with Gasteiger partial charge < -0.3 is 11.1 Å². The third-order valence-electron chi connectivity index (χ3n) is 3.44. The van der Waals surface area contributed by atoms with Crippen LogP contribution in [0.25, 0.3) is 0 Å². The molecule has 106 valence electrons. The average molecular weight is 263 g/mol. The lowest BCUT2D eigenvalue weighted by Crippen LogP contribution is -2.37. The van der Waals surface area contributed by atoms with Crippen LogP contribution in [0.5, 0.6) is 0 Å². The molecule has 0 unspecified atom stereocenters. The summed E-state index contributed by atoms with van der Waals surface area (Å²) in [5.74, 6) is -0.0232. The first-order valence-corrected chi connectivity index (χ1v) is 6.84. The molecule has 4 nitrogen and oxygen atoms in total. The summed E-state index contributed by atoms with van der Waals surface area (Å²) in [7, 11) is 1.98. The maximum atomic E-state index is 12.0. The van der Waals surface area contributed by atoms with Gasteiger partial charge in [-0.25, -0.2) is 0 Å². The van der Waals surface area contributed by atoms with Crippen molar-refractivity contribution in [3.8, 4) is 0 Å². The van der Waals surface area contributed by atoms with Crippen molar-refractivity contribution in [2.75, 3.05) is 24.6 Å². The molecule has 0 aliphatic carbocycles. The number of nitrogen functional groups attached to an aromatic ring is 1. The smallest absolute Gasteiger partial charge is 0.238 e. The van der Waals surface area contributed by atoms with E-state index in [1.807, 2.05) is 32.2 Å². The number of hydrogen-bond donors (Lipinski definition) is 2. The molecule has 3 N–H and O–H groups in total. The zero-order chi connectivity index (χ0) is 14.4. The van der Waals surface area contributed by atoms with Crippen LogP contribution in [0, 0.1) is 6.92 Å². The van der Waals surface area contributed by atoms with Crippen molar-refractivity contribution in [3.05, 3.63) is 23.8 Å². The molecule has 0 aliphatic rings. The van der Waals surface area contributed by atoms with Crippen LogP contribution in [0.1, 0.15) is 32.3 Å². The Morgan fingerprint density at radius 1 is 1.37 bits per heavy atom. The molecule has 1 aromatic carbocycles. The van der Waals surface area contributed by atoms with Crippen LogP contribution in [0.15, 0.2) is 18.2 Å². The number of amides is 1. The number of nitrogens with one attached hydrogen (secondary N) is 1. The Morgan fingerprint density at radius 2 is 2.00 bits per heavy atom. The second-order valence-corrected chi connectivity index (χ2v) is 5.02. The van der Waals surface area contributed by atoms with E-state index in [4.69, 9.17) is 5.73 Å². The molecule has 0 spiro atoms. The summed E-state index contributed by atoms with van der Waals surface area (Å²) in [6, 6.07) is 6.09. The standard InChI is InChI=1S/C15H25N3O/c1-5-12(6-2)18(4)10-15(19)17-14-8-7-11(3)9-13(14)16/h7-9,12H,5-6,10,16H2,1-4H3,(H,17,19). The fourth-order valence-corrected chi connectivity index (χ4v) is 2.25. The predicted molar refractivity (Wildman–Crippen MR) is 81.2 cm³/mol. The molecule has 0 atom stereocenters. The van der Waals surface area contributed by atoms with Crippen LogP contribution in [0.2, 0.25) is 0 Å². The molecule has 4 heteroatoms. The van der Waals surface area contributed by atoms with Gasteiger partial charge in [0.2, 0.25) is 5.91 Å². The van der Waals surface area contributed by atoms with E-state index in [1.54, 1.807) is 0 Å². The largest absolute Gasteiger partial charge is 0.397 e. The molecule has 1 amide bonds. The Kier molecular flexibility index (Phi) is 5.83. The summed E-state index contributed by atoms with van der Waals surface area (Å²) in [5.41, 5.74) is 8.27. The van der Waals surface area contributed by atoms with Crippen LogP contribution in [-0.2, 0) is 4.79 Å². The third kappa shape index (κ3) is 4.56. The number of carbonyl (C=O) groups is 1. The Labute approximate surface area is 116 Å². The van der Waals surface area contributed by atoms with Gasteiger partial charge in [-0.3, -0.25) is 9.69 Å². The van der Waals surface area contributed by atoms with Gasteiger partial charge in [0.05, 0.1) is 17.9 Å². The number of nitrogens with zero attached hydrogens (tertiary/aromatic N) is 1. The number of carbonyl (C=O) groups excluding carboxylic acids is 1. The molecule has 0 radical (unpaired) electrons. The lowest BCUT2D eigenvalue weighted by atomic mass is 10.1. The molecule has 0 aliphatic heterocycles. The summed E-state index contributed by atoms with van der Waals surface area (Å²) < 4.78 is 0. The summed E-state index contributed by atoms with van der Waals surface area (Å²) >= 11 is 0. The van der Waals surface area contributed by atoms with Crippen LogP contribution in [-0.4, -0.2) is 30.4 Å². The van der Waals surface area contributed by atoms with E-state index < -0.39 is 0 Å². The van der Waals surface area contributed by atoms with Gasteiger partial charge in [0, 0.05) is 6.04 Å². The van der Waals surface area contributed by atoms with Crippen LogP contribution in [0.3, 0.4) is 0 Å². The Morgan fingerprint density at radius 3 is 2.53 bits per heavy atom. The topological polar surface area (TPSA) is 58.4 Å². The number of aryl methyl sites for hydroxylation is 1. The second kappa shape index (κ2) is 7.14. The number of hydrogen-bond acceptors (Lipinski definition) is 3. The van der Waals surface area contributed by atoms with Gasteiger partial charge in [0.1, 0.15) is 0 Å². The van der Waals surface area contributed by atoms with Gasteiger partial charge >= 0.3 is 0 Å². The summed E-state index contributed by atoms with van der Waals surface area (Å²) in [6.45, 7) is 6.64. The third-order valence-corrected chi connectivity index (χ3v) is 3.44. The highest BCUT2D eigenvalue weighted by Gasteiger charge is 2.14. The van der Waals surface area contributed by atoms with Crippen LogP contribution >= 0.6 is 0 Å². The number of rotatable bonds is 6. The molecule has 19 heavy (non-hydrogen) atoms. The lowest BCUT2D eigenvalue weighted by molar-refractivity contribution is -0.117. The molecular formula is C15H25N3O. The van der Waals surface area contributed by atoms with Gasteiger partial charge in [-0.15, -0.1) is 0 Å². The maximum Gasteiger partial charge on any atom is 0.238 e. The highest BCUT2D eigenvalue weighted by atomic mass is 16.2. The van der Waals surface area contributed by atoms with Crippen molar-refractivity contribution in [1.82, 2.24) is 4.90 Å². The first kappa shape index (κ1) is 15.5. The maximum absolute atomic E-state index is 12.0. The fraction of sp³-hybridized carbons (Fsp3) is 0.533. The normalized spacial score (nSPS) is 11.1. The zero-order valence-electron chi connectivity index (χ0n) is 12.4.